The van der Waals surface area contributed by atoms with Crippen LogP contribution in [0.15, 0.2) is 46.2 Å². The molecular weight excluding hydrogens is 280 g/mol. The van der Waals surface area contributed by atoms with E-state index in [1.807, 2.05) is 31.2 Å². The van der Waals surface area contributed by atoms with Gasteiger partial charge in [0.05, 0.1) is 0 Å². The van der Waals surface area contributed by atoms with Crippen molar-refractivity contribution in [2.24, 2.45) is 0 Å². The summed E-state index contributed by atoms with van der Waals surface area (Å²) in [5.41, 5.74) is 1.15. The number of rotatable bonds is 3. The van der Waals surface area contributed by atoms with Crippen LogP contribution in [0.1, 0.15) is 12.5 Å². The average Bonchev–Trinajstić information content (AvgIpc) is 2.86. The Morgan fingerprint density at radius 1 is 1.27 bits per heavy atom. The van der Waals surface area contributed by atoms with E-state index in [0.717, 1.165) is 22.4 Å². The third kappa shape index (κ3) is 2.13. The predicted octanol–water partition coefficient (Wildman–Crippen LogP) is 0.842. The van der Waals surface area contributed by atoms with Crippen LogP contribution in [0.5, 0.6) is 0 Å². The van der Waals surface area contributed by atoms with Gasteiger partial charge in [-0.25, -0.2) is 13.9 Å². The van der Waals surface area contributed by atoms with Crippen molar-refractivity contribution in [3.63, 3.8) is 0 Å². The van der Waals surface area contributed by atoms with Gasteiger partial charge in [-0.1, -0.05) is 25.0 Å². The number of hydrogen-bond acceptors (Lipinski definition) is 3. The number of aryl methyl sites for hydroxylation is 1. The van der Waals surface area contributed by atoms with Gasteiger partial charge in [0.1, 0.15) is 6.54 Å². The zero-order valence-corrected chi connectivity index (χ0v) is 12.1. The van der Waals surface area contributed by atoms with Crippen LogP contribution in [0, 0.1) is 12.3 Å². The maximum absolute atomic E-state index is 12.6. The molecule has 1 aromatic carbocycles. The number of hydrogen-bond donors (Lipinski definition) is 0. The molecule has 0 N–H and O–H groups in total. The minimum Gasteiger partial charge on any atom is -0.280 e. The molecule has 0 bridgehead atoms. The van der Waals surface area contributed by atoms with Crippen molar-refractivity contribution >= 4 is 5.65 Å². The molecule has 0 unspecified atom stereocenters. The Morgan fingerprint density at radius 2 is 2.09 bits per heavy atom. The molecule has 2 heterocycles. The molecular formula is C16H14N4O2. The molecule has 0 fully saturated rings. The first-order valence-corrected chi connectivity index (χ1v) is 6.89. The molecule has 2 aromatic heterocycles. The van der Waals surface area contributed by atoms with Crippen LogP contribution in [0.4, 0.5) is 0 Å². The van der Waals surface area contributed by atoms with Gasteiger partial charge < -0.3 is 0 Å². The summed E-state index contributed by atoms with van der Waals surface area (Å²) in [6, 6.07) is 7.68. The van der Waals surface area contributed by atoms with E-state index < -0.39 is 5.69 Å². The van der Waals surface area contributed by atoms with Gasteiger partial charge in [0.2, 0.25) is 5.65 Å². The van der Waals surface area contributed by atoms with Crippen molar-refractivity contribution in [2.75, 3.05) is 0 Å². The van der Waals surface area contributed by atoms with E-state index in [4.69, 9.17) is 6.42 Å². The van der Waals surface area contributed by atoms with Crippen molar-refractivity contribution in [1.82, 2.24) is 18.7 Å². The molecule has 0 amide bonds. The summed E-state index contributed by atoms with van der Waals surface area (Å²) in [7, 11) is 0. The maximum Gasteiger partial charge on any atom is 0.351 e. The lowest BCUT2D eigenvalue weighted by molar-refractivity contribution is 0.684. The fraction of sp³-hybridized carbons (Fsp3) is 0.188. The Bertz CT molecular complexity index is 1000. The van der Waals surface area contributed by atoms with E-state index in [1.54, 1.807) is 6.20 Å². The molecule has 0 atom stereocenters. The van der Waals surface area contributed by atoms with Crippen LogP contribution in [0.25, 0.3) is 11.3 Å². The van der Waals surface area contributed by atoms with E-state index in [9.17, 15) is 9.59 Å². The summed E-state index contributed by atoms with van der Waals surface area (Å²) in [5.74, 6) is 2.34. The summed E-state index contributed by atoms with van der Waals surface area (Å²) in [5, 5.41) is 4.02. The fourth-order valence-corrected chi connectivity index (χ4v) is 2.33. The molecule has 0 spiro atoms. The van der Waals surface area contributed by atoms with E-state index >= 15 is 0 Å². The van der Waals surface area contributed by atoms with Gasteiger partial charge in [0, 0.05) is 18.1 Å². The SMILES string of the molecule is C#CCn1nc2c(=O)n(-c3cccc(CC)c3)ccn2c1=O. The Hall–Kier alpha value is -3.07. The monoisotopic (exact) mass is 294 g/mol. The number of terminal acetylenes is 1. The first kappa shape index (κ1) is 13.9. The molecule has 3 rings (SSSR count). The van der Waals surface area contributed by atoms with Crippen LogP contribution in [0.2, 0.25) is 0 Å². The smallest absolute Gasteiger partial charge is 0.280 e. The Morgan fingerprint density at radius 3 is 2.82 bits per heavy atom. The Balaban J connectivity index is 2.25. The van der Waals surface area contributed by atoms with Crippen molar-refractivity contribution in [2.45, 2.75) is 19.9 Å². The minimum atomic E-state index is -0.417. The van der Waals surface area contributed by atoms with E-state index in [0.29, 0.717) is 0 Å². The molecule has 22 heavy (non-hydrogen) atoms. The lowest BCUT2D eigenvalue weighted by atomic mass is 10.1. The highest BCUT2D eigenvalue weighted by atomic mass is 16.2. The second-order valence-corrected chi connectivity index (χ2v) is 4.83. The lowest BCUT2D eigenvalue weighted by Crippen LogP contribution is -2.24. The van der Waals surface area contributed by atoms with Crippen LogP contribution >= 0.6 is 0 Å². The van der Waals surface area contributed by atoms with Crippen molar-refractivity contribution in [3.8, 4) is 18.0 Å². The molecule has 0 aliphatic carbocycles. The lowest BCUT2D eigenvalue weighted by Gasteiger charge is -2.06. The van der Waals surface area contributed by atoms with E-state index in [2.05, 4.69) is 11.0 Å². The molecule has 0 saturated heterocycles. The Kier molecular flexibility index (Phi) is 3.39. The second kappa shape index (κ2) is 5.37. The average molecular weight is 294 g/mol. The summed E-state index contributed by atoms with van der Waals surface area (Å²) in [6.07, 6.45) is 9.16. The molecule has 0 aliphatic heterocycles. The minimum absolute atomic E-state index is 0.0330. The van der Waals surface area contributed by atoms with Crippen molar-refractivity contribution in [1.29, 1.82) is 0 Å². The molecule has 0 radical (unpaired) electrons. The number of nitrogens with zero attached hydrogens (tertiary/aromatic N) is 4. The van der Waals surface area contributed by atoms with Crippen LogP contribution < -0.4 is 11.2 Å². The van der Waals surface area contributed by atoms with Gasteiger partial charge >= 0.3 is 11.2 Å². The van der Waals surface area contributed by atoms with Gasteiger partial charge in [-0.15, -0.1) is 11.5 Å². The van der Waals surface area contributed by atoms with Gasteiger partial charge in [-0.05, 0) is 24.1 Å². The highest BCUT2D eigenvalue weighted by molar-refractivity contribution is 5.41. The zero-order chi connectivity index (χ0) is 15.7. The van der Waals surface area contributed by atoms with Gasteiger partial charge in [-0.3, -0.25) is 9.36 Å². The second-order valence-electron chi connectivity index (χ2n) is 4.83. The molecule has 6 heteroatoms. The topological polar surface area (TPSA) is 61.3 Å². The summed E-state index contributed by atoms with van der Waals surface area (Å²) in [6.45, 7) is 2.08. The van der Waals surface area contributed by atoms with Crippen molar-refractivity contribution < 1.29 is 0 Å². The summed E-state index contributed by atoms with van der Waals surface area (Å²) < 4.78 is 3.78. The summed E-state index contributed by atoms with van der Waals surface area (Å²) >= 11 is 0. The summed E-state index contributed by atoms with van der Waals surface area (Å²) in [4.78, 5) is 24.6. The molecule has 6 nitrogen and oxygen atoms in total. The number of fused-ring (bicyclic) bond motifs is 1. The Labute approximate surface area is 126 Å². The van der Waals surface area contributed by atoms with Crippen LogP contribution in [-0.2, 0) is 13.0 Å². The van der Waals surface area contributed by atoms with Gasteiger partial charge in [-0.2, -0.15) is 0 Å². The highest BCUT2D eigenvalue weighted by Crippen LogP contribution is 2.09. The normalized spacial score (nSPS) is 10.7. The quantitative estimate of drug-likeness (QED) is 0.673. The standard InChI is InChI=1S/C16H14N4O2/c1-3-8-20-16(22)19-10-9-18(15(21)14(19)17-20)13-7-5-6-12(4-2)11-13/h1,5-7,9-11H,4,8H2,2H3. The van der Waals surface area contributed by atoms with Crippen LogP contribution in [-0.4, -0.2) is 18.7 Å². The van der Waals surface area contributed by atoms with E-state index in [1.165, 1.54) is 15.2 Å². The first-order valence-electron chi connectivity index (χ1n) is 6.89. The van der Waals surface area contributed by atoms with Gasteiger partial charge in [0.25, 0.3) is 0 Å². The van der Waals surface area contributed by atoms with Crippen molar-refractivity contribution in [3.05, 3.63) is 63.1 Å². The number of benzene rings is 1. The van der Waals surface area contributed by atoms with Crippen LogP contribution in [0.3, 0.4) is 0 Å². The first-order chi connectivity index (χ1) is 10.7. The molecule has 0 aliphatic rings. The zero-order valence-electron chi connectivity index (χ0n) is 12.1. The number of aromatic nitrogens is 4. The largest absolute Gasteiger partial charge is 0.351 e. The molecule has 3 aromatic rings. The van der Waals surface area contributed by atoms with E-state index in [-0.39, 0.29) is 17.8 Å². The maximum atomic E-state index is 12.6. The molecule has 0 saturated carbocycles. The third-order valence-electron chi connectivity index (χ3n) is 3.48. The third-order valence-corrected chi connectivity index (χ3v) is 3.48. The predicted molar refractivity (Wildman–Crippen MR) is 83.3 cm³/mol. The molecule has 110 valence electrons. The van der Waals surface area contributed by atoms with Gasteiger partial charge in [0.15, 0.2) is 0 Å². The highest BCUT2D eigenvalue weighted by Gasteiger charge is 2.12. The fourth-order valence-electron chi connectivity index (χ4n) is 2.33.